The van der Waals surface area contributed by atoms with Crippen molar-refractivity contribution in [1.82, 2.24) is 0 Å². The van der Waals surface area contributed by atoms with Gasteiger partial charge >= 0.3 is 5.97 Å². The van der Waals surface area contributed by atoms with E-state index >= 15 is 0 Å². The van der Waals surface area contributed by atoms with Crippen LogP contribution in [-0.2, 0) is 37.4 Å². The van der Waals surface area contributed by atoms with Crippen LogP contribution < -0.4 is 0 Å². The Kier molecular flexibility index (Phi) is 23.8. The number of esters is 1. The second kappa shape index (κ2) is 24.0. The Labute approximate surface area is 301 Å². The standard InChI is InChI=1S/C32H64O12S2Si2/c1-9-30(18-33,19-34)22-41-28(7,43-47-16-12-14-45-26(5)38)32(11-3,24-40-25(4)37)29(8,42-23-31(10-2,20-35)21-36)44-48-17-13-15-46-27(6)39/h33-36H,9-24,47-48H2,1-8H3. The summed E-state index contributed by atoms with van der Waals surface area (Å²) in [5.41, 5.74) is -3.27. The van der Waals surface area contributed by atoms with Crippen molar-refractivity contribution in [3.8, 4) is 0 Å². The van der Waals surface area contributed by atoms with Gasteiger partial charge in [-0.2, -0.15) is 0 Å². The molecule has 4 N–H and O–H groups in total. The first-order valence-corrected chi connectivity index (χ1v) is 22.1. The molecule has 0 aromatic rings. The third-order valence-electron chi connectivity index (χ3n) is 9.46. The lowest BCUT2D eigenvalue weighted by Gasteiger charge is -2.56. The SMILES string of the molecule is CCC(CO)(CO)COC(C)(O[SiH2]CCCSC(C)=O)C(CC)(COC(C)=O)C(C)(OCC(CC)(CO)CO)O[SiH2]CCCSC(C)=O. The summed E-state index contributed by atoms with van der Waals surface area (Å²) in [6.07, 6.45) is 2.62. The highest BCUT2D eigenvalue weighted by Gasteiger charge is 2.63. The van der Waals surface area contributed by atoms with Crippen LogP contribution in [0.3, 0.4) is 0 Å². The van der Waals surface area contributed by atoms with Crippen LogP contribution in [0.15, 0.2) is 0 Å². The van der Waals surface area contributed by atoms with E-state index in [-0.39, 0.29) is 62.9 Å². The first-order valence-electron chi connectivity index (χ1n) is 17.0. The predicted molar refractivity (Wildman–Crippen MR) is 196 cm³/mol. The van der Waals surface area contributed by atoms with Crippen LogP contribution in [0.1, 0.15) is 87.5 Å². The zero-order valence-electron chi connectivity index (χ0n) is 30.6. The Morgan fingerprint density at radius 2 is 1.00 bits per heavy atom. The number of ether oxygens (including phenoxy) is 3. The lowest BCUT2D eigenvalue weighted by Crippen LogP contribution is -2.67. The summed E-state index contributed by atoms with van der Waals surface area (Å²) in [6.45, 7) is 11.8. The highest BCUT2D eigenvalue weighted by atomic mass is 32.2. The number of thioether (sulfide) groups is 2. The summed E-state index contributed by atoms with van der Waals surface area (Å²) >= 11 is 2.51. The Hall–Kier alpha value is -0.376. The number of rotatable bonds is 29. The molecule has 2 unspecified atom stereocenters. The summed E-state index contributed by atoms with van der Waals surface area (Å²) in [4.78, 5) is 35.3. The summed E-state index contributed by atoms with van der Waals surface area (Å²) < 4.78 is 32.7. The molecule has 0 saturated carbocycles. The van der Waals surface area contributed by atoms with E-state index in [2.05, 4.69) is 0 Å². The van der Waals surface area contributed by atoms with Crippen LogP contribution in [0.25, 0.3) is 0 Å². The minimum atomic E-state index is -1.52. The third kappa shape index (κ3) is 14.7. The normalized spacial score (nSPS) is 16.7. The van der Waals surface area contributed by atoms with Crippen molar-refractivity contribution >= 4 is 59.2 Å². The molecule has 0 aliphatic rings. The average Bonchev–Trinajstić information content (AvgIpc) is 3.06. The van der Waals surface area contributed by atoms with Gasteiger partial charge in [-0.15, -0.1) is 0 Å². The maximum atomic E-state index is 12.4. The molecule has 0 rings (SSSR count). The van der Waals surface area contributed by atoms with Gasteiger partial charge in [-0.05, 0) is 58.0 Å². The highest BCUT2D eigenvalue weighted by Crippen LogP contribution is 2.51. The van der Waals surface area contributed by atoms with Crippen molar-refractivity contribution < 1.29 is 57.9 Å². The molecule has 0 aliphatic carbocycles. The van der Waals surface area contributed by atoms with Crippen LogP contribution in [0.5, 0.6) is 0 Å². The number of hydrogen-bond donors (Lipinski definition) is 4. The van der Waals surface area contributed by atoms with Crippen molar-refractivity contribution in [3.63, 3.8) is 0 Å². The molecule has 16 heteroatoms. The van der Waals surface area contributed by atoms with Crippen LogP contribution in [0, 0.1) is 16.2 Å². The Morgan fingerprint density at radius 3 is 1.27 bits per heavy atom. The molecular weight excluding hydrogens is 697 g/mol. The predicted octanol–water partition coefficient (Wildman–Crippen LogP) is 2.55. The average molecular weight is 761 g/mol. The number of aliphatic hydroxyl groups is 4. The van der Waals surface area contributed by atoms with E-state index in [0.29, 0.717) is 24.3 Å². The second-order valence-corrected chi connectivity index (χ2v) is 18.2. The van der Waals surface area contributed by atoms with Crippen LogP contribution in [0.4, 0.5) is 0 Å². The molecule has 0 spiro atoms. The largest absolute Gasteiger partial charge is 0.465 e. The van der Waals surface area contributed by atoms with Gasteiger partial charge in [0.05, 0.1) is 39.6 Å². The Bertz CT molecular complexity index is 862. The molecule has 12 nitrogen and oxygen atoms in total. The molecule has 0 amide bonds. The summed E-state index contributed by atoms with van der Waals surface area (Å²) in [5, 5.41) is 41.2. The van der Waals surface area contributed by atoms with Crippen molar-refractivity contribution in [1.29, 1.82) is 0 Å². The molecule has 2 atom stereocenters. The van der Waals surface area contributed by atoms with Gasteiger partial charge in [0.2, 0.25) is 0 Å². The molecule has 0 aliphatic heterocycles. The zero-order valence-corrected chi connectivity index (χ0v) is 35.1. The van der Waals surface area contributed by atoms with Crippen LogP contribution >= 0.6 is 23.5 Å². The minimum Gasteiger partial charge on any atom is -0.465 e. The van der Waals surface area contributed by atoms with Gasteiger partial charge in [-0.25, -0.2) is 0 Å². The van der Waals surface area contributed by atoms with Crippen LogP contribution in [0.2, 0.25) is 12.1 Å². The van der Waals surface area contributed by atoms with Crippen molar-refractivity contribution in [3.05, 3.63) is 0 Å². The van der Waals surface area contributed by atoms with E-state index in [4.69, 9.17) is 23.1 Å². The van der Waals surface area contributed by atoms with E-state index < -0.39 is 53.3 Å². The number of hydrogen-bond acceptors (Lipinski definition) is 14. The van der Waals surface area contributed by atoms with E-state index in [1.54, 1.807) is 13.8 Å². The number of aliphatic hydroxyl groups excluding tert-OH is 4. The second-order valence-electron chi connectivity index (χ2n) is 12.8. The Morgan fingerprint density at radius 1 is 0.625 bits per heavy atom. The van der Waals surface area contributed by atoms with E-state index in [1.165, 1.54) is 44.3 Å². The quantitative estimate of drug-likeness (QED) is 0.0379. The van der Waals surface area contributed by atoms with Gasteiger partial charge in [0.15, 0.2) is 41.3 Å². The molecule has 0 aromatic heterocycles. The van der Waals surface area contributed by atoms with Crippen molar-refractivity contribution in [2.75, 3.05) is 57.8 Å². The minimum absolute atomic E-state index is 0.0454. The lowest BCUT2D eigenvalue weighted by molar-refractivity contribution is -0.367. The summed E-state index contributed by atoms with van der Waals surface area (Å²) in [6, 6.07) is 1.45. The molecule has 0 saturated heterocycles. The lowest BCUT2D eigenvalue weighted by atomic mass is 9.70. The van der Waals surface area contributed by atoms with Gasteiger partial charge in [-0.3, -0.25) is 14.4 Å². The monoisotopic (exact) mass is 760 g/mol. The fraction of sp³-hybridized carbons (Fsp3) is 0.906. The maximum absolute atomic E-state index is 12.4. The fourth-order valence-corrected chi connectivity index (χ4v) is 9.86. The molecule has 0 aromatic carbocycles. The van der Waals surface area contributed by atoms with E-state index in [1.807, 2.05) is 20.8 Å². The number of carbonyl (C=O) groups is 3. The van der Waals surface area contributed by atoms with Crippen LogP contribution in [-0.4, -0.2) is 125 Å². The van der Waals surface area contributed by atoms with Gasteiger partial charge in [-0.1, -0.05) is 44.3 Å². The fourth-order valence-electron chi connectivity index (χ4n) is 5.17. The van der Waals surface area contributed by atoms with Gasteiger partial charge in [0.1, 0.15) is 12.0 Å². The molecule has 284 valence electrons. The molecular formula is C32H64O12S2Si2. The summed E-state index contributed by atoms with van der Waals surface area (Å²) in [7, 11) is -2.65. The molecule has 0 fully saturated rings. The smallest absolute Gasteiger partial charge is 0.302 e. The van der Waals surface area contributed by atoms with Gasteiger partial charge in [0, 0.05) is 43.1 Å². The van der Waals surface area contributed by atoms with Gasteiger partial charge < -0.3 is 43.5 Å². The van der Waals surface area contributed by atoms with Crippen molar-refractivity contribution in [2.24, 2.45) is 16.2 Å². The third-order valence-corrected chi connectivity index (χ3v) is 14.3. The van der Waals surface area contributed by atoms with E-state index in [0.717, 1.165) is 24.9 Å². The summed E-state index contributed by atoms with van der Waals surface area (Å²) in [5.74, 6) is -2.27. The highest BCUT2D eigenvalue weighted by molar-refractivity contribution is 8.13. The number of carbonyl (C=O) groups excluding carboxylic acids is 3. The molecule has 0 bridgehead atoms. The van der Waals surface area contributed by atoms with E-state index in [9.17, 15) is 34.8 Å². The first-order chi connectivity index (χ1) is 22.6. The molecule has 48 heavy (non-hydrogen) atoms. The van der Waals surface area contributed by atoms with Crippen molar-refractivity contribution in [2.45, 2.75) is 111 Å². The van der Waals surface area contributed by atoms with Gasteiger partial charge in [0.25, 0.3) is 0 Å². The zero-order chi connectivity index (χ0) is 36.9. The molecule has 0 radical (unpaired) electrons. The molecule has 0 heterocycles. The first kappa shape index (κ1) is 47.6. The topological polar surface area (TPSA) is 178 Å². The Balaban J connectivity index is 7.08. The maximum Gasteiger partial charge on any atom is 0.302 e.